The van der Waals surface area contributed by atoms with Crippen LogP contribution in [-0.4, -0.2) is 19.9 Å². The molecule has 0 saturated carbocycles. The maximum absolute atomic E-state index is 5.71. The molecule has 2 N–H and O–H groups in total. The van der Waals surface area contributed by atoms with Gasteiger partial charge in [-0.3, -0.25) is 0 Å². The molecule has 92 valence electrons. The number of nitrogens with zero attached hydrogens (tertiary/aromatic N) is 4. The van der Waals surface area contributed by atoms with Gasteiger partial charge in [0.25, 0.3) is 0 Å². The first-order valence-corrected chi connectivity index (χ1v) is 7.17. The van der Waals surface area contributed by atoms with Crippen molar-refractivity contribution in [2.45, 2.75) is 0 Å². The Morgan fingerprint density at radius 1 is 1.00 bits per heavy atom. The molecule has 0 fully saturated rings. The van der Waals surface area contributed by atoms with Crippen LogP contribution in [-0.2, 0) is 0 Å². The molecule has 0 spiro atoms. The van der Waals surface area contributed by atoms with Gasteiger partial charge in [-0.2, -0.15) is 0 Å². The number of nitrogen functional groups attached to an aromatic ring is 1. The van der Waals surface area contributed by atoms with Crippen molar-refractivity contribution < 1.29 is 0 Å². The number of anilines is 1. The Bertz CT molecular complexity index is 862. The van der Waals surface area contributed by atoms with Crippen LogP contribution in [0.3, 0.4) is 0 Å². The Morgan fingerprint density at radius 3 is 2.79 bits per heavy atom. The molecule has 0 aliphatic rings. The maximum atomic E-state index is 5.71. The second kappa shape index (κ2) is 3.94. The largest absolute Gasteiger partial charge is 0.375 e. The van der Waals surface area contributed by atoms with Gasteiger partial charge in [0.2, 0.25) is 0 Å². The van der Waals surface area contributed by atoms with E-state index in [-0.39, 0.29) is 0 Å². The molecule has 0 aliphatic heterocycles. The minimum Gasteiger partial charge on any atom is -0.375 e. The summed E-state index contributed by atoms with van der Waals surface area (Å²) in [5.41, 5.74) is 8.36. The fraction of sp³-hybridized carbons (Fsp3) is 0. The summed E-state index contributed by atoms with van der Waals surface area (Å²) >= 11 is 3.01. The molecule has 0 aliphatic carbocycles. The Kier molecular flexibility index (Phi) is 2.23. The highest BCUT2D eigenvalue weighted by atomic mass is 32.1. The first-order valence-electron chi connectivity index (χ1n) is 5.53. The number of nitrogens with two attached hydrogens (primary N) is 1. The van der Waals surface area contributed by atoms with Crippen molar-refractivity contribution in [3.05, 3.63) is 30.6 Å². The lowest BCUT2D eigenvalue weighted by Crippen LogP contribution is -1.79. The average molecular weight is 285 g/mol. The third-order valence-electron chi connectivity index (χ3n) is 2.70. The topological polar surface area (TPSA) is 77.6 Å². The van der Waals surface area contributed by atoms with Crippen molar-refractivity contribution in [3.63, 3.8) is 0 Å². The van der Waals surface area contributed by atoms with E-state index >= 15 is 0 Å². The second-order valence-corrected chi connectivity index (χ2v) is 5.98. The smallest absolute Gasteiger partial charge is 0.190 e. The number of fused-ring (bicyclic) bond motifs is 2. The highest BCUT2D eigenvalue weighted by molar-refractivity contribution is 7.22. The molecule has 0 unspecified atom stereocenters. The van der Waals surface area contributed by atoms with Crippen molar-refractivity contribution in [2.75, 3.05) is 5.73 Å². The van der Waals surface area contributed by atoms with Crippen LogP contribution >= 0.6 is 22.7 Å². The van der Waals surface area contributed by atoms with Crippen LogP contribution in [0.1, 0.15) is 0 Å². The van der Waals surface area contributed by atoms with Crippen LogP contribution in [0.5, 0.6) is 0 Å². The van der Waals surface area contributed by atoms with Gasteiger partial charge in [-0.25, -0.2) is 19.9 Å². The molecule has 7 heteroatoms. The first kappa shape index (κ1) is 10.8. The van der Waals surface area contributed by atoms with Crippen LogP contribution in [0.25, 0.3) is 31.3 Å². The average Bonchev–Trinajstić information content (AvgIpc) is 2.99. The van der Waals surface area contributed by atoms with Gasteiger partial charge in [0.1, 0.15) is 5.01 Å². The molecule has 4 aromatic rings. The van der Waals surface area contributed by atoms with Gasteiger partial charge >= 0.3 is 0 Å². The molecule has 0 amide bonds. The zero-order chi connectivity index (χ0) is 12.8. The number of aromatic nitrogens is 4. The number of thiazole rings is 2. The molecular formula is C12H7N5S2. The molecule has 3 heterocycles. The van der Waals surface area contributed by atoms with Crippen molar-refractivity contribution in [3.8, 4) is 10.6 Å². The fourth-order valence-corrected chi connectivity index (χ4v) is 3.51. The summed E-state index contributed by atoms with van der Waals surface area (Å²) in [4.78, 5) is 18.0. The molecule has 1 aromatic carbocycles. The third kappa shape index (κ3) is 1.74. The van der Waals surface area contributed by atoms with Crippen LogP contribution < -0.4 is 5.73 Å². The summed E-state index contributed by atoms with van der Waals surface area (Å²) in [5.74, 6) is 0. The number of hydrogen-bond donors (Lipinski definition) is 1. The van der Waals surface area contributed by atoms with Crippen molar-refractivity contribution in [1.29, 1.82) is 0 Å². The van der Waals surface area contributed by atoms with Crippen molar-refractivity contribution in [1.82, 2.24) is 19.9 Å². The van der Waals surface area contributed by atoms with E-state index in [0.717, 1.165) is 25.6 Å². The van der Waals surface area contributed by atoms with E-state index in [2.05, 4.69) is 26.0 Å². The van der Waals surface area contributed by atoms with E-state index in [1.54, 1.807) is 12.4 Å². The fourth-order valence-electron chi connectivity index (χ4n) is 1.88. The summed E-state index contributed by atoms with van der Waals surface area (Å²) in [6, 6.07) is 6.02. The van der Waals surface area contributed by atoms with E-state index in [9.17, 15) is 0 Å². The molecule has 19 heavy (non-hydrogen) atoms. The van der Waals surface area contributed by atoms with E-state index in [1.165, 1.54) is 22.7 Å². The summed E-state index contributed by atoms with van der Waals surface area (Å²) in [6.45, 7) is 0. The summed E-state index contributed by atoms with van der Waals surface area (Å²) in [5, 5.41) is 1.50. The van der Waals surface area contributed by atoms with Crippen molar-refractivity contribution >= 4 is 48.5 Å². The highest BCUT2D eigenvalue weighted by Crippen LogP contribution is 2.32. The van der Waals surface area contributed by atoms with Crippen LogP contribution in [0.2, 0.25) is 0 Å². The Labute approximate surface area is 115 Å². The summed E-state index contributed by atoms with van der Waals surface area (Å²) in [6.07, 6.45) is 3.33. The van der Waals surface area contributed by atoms with Gasteiger partial charge < -0.3 is 5.73 Å². The van der Waals surface area contributed by atoms with Crippen molar-refractivity contribution in [2.24, 2.45) is 0 Å². The zero-order valence-electron chi connectivity index (χ0n) is 9.57. The molecule has 4 rings (SSSR count). The lowest BCUT2D eigenvalue weighted by molar-refractivity contribution is 1.26. The maximum Gasteiger partial charge on any atom is 0.190 e. The van der Waals surface area contributed by atoms with Gasteiger partial charge in [-0.1, -0.05) is 22.7 Å². The Balaban J connectivity index is 1.92. The molecule has 0 saturated heterocycles. The minimum atomic E-state index is 0.583. The van der Waals surface area contributed by atoms with Crippen LogP contribution in [0.15, 0.2) is 30.6 Å². The standard InChI is InChI=1S/C12H7N5S2/c13-12-16-7-2-1-6(5-8(7)18-12)10-17-9-11(19-10)15-4-3-14-9/h1-5H,(H2,13,16). The van der Waals surface area contributed by atoms with Gasteiger partial charge in [-0.15, -0.1) is 0 Å². The highest BCUT2D eigenvalue weighted by Gasteiger charge is 2.09. The molecule has 0 bridgehead atoms. The van der Waals surface area contributed by atoms with Crippen LogP contribution in [0, 0.1) is 0 Å². The van der Waals surface area contributed by atoms with E-state index in [4.69, 9.17) is 5.73 Å². The van der Waals surface area contributed by atoms with E-state index in [1.807, 2.05) is 12.1 Å². The number of hydrogen-bond acceptors (Lipinski definition) is 7. The zero-order valence-corrected chi connectivity index (χ0v) is 11.2. The SMILES string of the molecule is Nc1nc2ccc(-c3nc4nccnc4s3)cc2s1. The Morgan fingerprint density at radius 2 is 1.89 bits per heavy atom. The van der Waals surface area contributed by atoms with Gasteiger partial charge in [0.15, 0.2) is 15.6 Å². The first-order chi connectivity index (χ1) is 9.29. The van der Waals surface area contributed by atoms with Gasteiger partial charge in [0, 0.05) is 18.0 Å². The Hall–Kier alpha value is -2.12. The van der Waals surface area contributed by atoms with Gasteiger partial charge in [-0.05, 0) is 18.2 Å². The van der Waals surface area contributed by atoms with E-state index in [0.29, 0.717) is 10.8 Å². The number of rotatable bonds is 1. The third-order valence-corrected chi connectivity index (χ3v) is 4.55. The normalized spacial score (nSPS) is 11.4. The minimum absolute atomic E-state index is 0.583. The second-order valence-electron chi connectivity index (χ2n) is 3.94. The van der Waals surface area contributed by atoms with E-state index < -0.39 is 0 Å². The summed E-state index contributed by atoms with van der Waals surface area (Å²) < 4.78 is 1.06. The number of benzene rings is 1. The molecular weight excluding hydrogens is 278 g/mol. The monoisotopic (exact) mass is 285 g/mol. The quantitative estimate of drug-likeness (QED) is 0.582. The summed E-state index contributed by atoms with van der Waals surface area (Å²) in [7, 11) is 0. The molecule has 0 radical (unpaired) electrons. The lowest BCUT2D eigenvalue weighted by atomic mass is 10.2. The van der Waals surface area contributed by atoms with Crippen LogP contribution in [0.4, 0.5) is 5.13 Å². The predicted molar refractivity (Wildman–Crippen MR) is 78.2 cm³/mol. The van der Waals surface area contributed by atoms with Gasteiger partial charge in [0.05, 0.1) is 10.2 Å². The molecule has 0 atom stereocenters. The molecule has 5 nitrogen and oxygen atoms in total. The molecule has 3 aromatic heterocycles. The predicted octanol–water partition coefficient (Wildman–Crippen LogP) is 2.95. The lowest BCUT2D eigenvalue weighted by Gasteiger charge is -1.94.